The Balaban J connectivity index is 2.31. The summed E-state index contributed by atoms with van der Waals surface area (Å²) >= 11 is 0. The van der Waals surface area contributed by atoms with E-state index in [4.69, 9.17) is 0 Å². The Labute approximate surface area is 119 Å². The van der Waals surface area contributed by atoms with Gasteiger partial charge in [0.15, 0.2) is 6.10 Å². The second-order valence-corrected chi connectivity index (χ2v) is 5.05. The number of benzene rings is 1. The number of carbonyl (C=O) groups excluding carboxylic acids is 1. The van der Waals surface area contributed by atoms with Crippen LogP contribution >= 0.6 is 0 Å². The molecule has 0 saturated heterocycles. The molecule has 0 saturated carbocycles. The van der Waals surface area contributed by atoms with Crippen molar-refractivity contribution in [3.8, 4) is 0 Å². The number of aliphatic hydroxyl groups is 2. The van der Waals surface area contributed by atoms with E-state index in [0.29, 0.717) is 23.8 Å². The number of nitrogens with one attached hydrogen (secondary N) is 1. The van der Waals surface area contributed by atoms with Crippen LogP contribution < -0.4 is 10.2 Å². The molecule has 0 fully saturated rings. The molecule has 110 valence electrons. The Bertz CT molecular complexity index is 486. The molecule has 1 aliphatic rings. The van der Waals surface area contributed by atoms with Crippen LogP contribution in [0.5, 0.6) is 0 Å². The van der Waals surface area contributed by atoms with Crippen molar-refractivity contribution in [3.05, 3.63) is 23.8 Å². The van der Waals surface area contributed by atoms with Crippen molar-refractivity contribution in [1.82, 2.24) is 0 Å². The summed E-state index contributed by atoms with van der Waals surface area (Å²) in [5.74, 6) is -0.381. The number of aliphatic hydroxyl groups excluding tert-OH is 2. The molecule has 0 aromatic heterocycles. The van der Waals surface area contributed by atoms with Gasteiger partial charge in [0.1, 0.15) is 0 Å². The van der Waals surface area contributed by atoms with E-state index in [1.54, 1.807) is 6.07 Å². The summed E-state index contributed by atoms with van der Waals surface area (Å²) in [6.45, 7) is 4.89. The third-order valence-corrected chi connectivity index (χ3v) is 3.89. The number of anilines is 2. The zero-order valence-electron chi connectivity index (χ0n) is 12.0. The normalized spacial score (nSPS) is 17.2. The van der Waals surface area contributed by atoms with Crippen LogP contribution in [-0.2, 0) is 4.79 Å². The molecule has 20 heavy (non-hydrogen) atoms. The number of fused-ring (bicyclic) bond motifs is 1. The van der Waals surface area contributed by atoms with Gasteiger partial charge in [-0.25, -0.2) is 0 Å². The lowest BCUT2D eigenvalue weighted by Crippen LogP contribution is -2.36. The Morgan fingerprint density at radius 2 is 2.05 bits per heavy atom. The smallest absolute Gasteiger partial charge is 0.257 e. The number of hydrogen-bond donors (Lipinski definition) is 3. The van der Waals surface area contributed by atoms with Gasteiger partial charge < -0.3 is 20.4 Å². The van der Waals surface area contributed by atoms with Crippen LogP contribution in [0.25, 0.3) is 0 Å². The van der Waals surface area contributed by atoms with Gasteiger partial charge in [0.05, 0.1) is 6.61 Å². The van der Waals surface area contributed by atoms with Gasteiger partial charge in [0.25, 0.3) is 5.91 Å². The van der Waals surface area contributed by atoms with Gasteiger partial charge >= 0.3 is 0 Å². The fourth-order valence-electron chi connectivity index (χ4n) is 2.77. The molecule has 0 spiro atoms. The summed E-state index contributed by atoms with van der Waals surface area (Å²) in [6, 6.07) is 5.90. The lowest BCUT2D eigenvalue weighted by molar-refractivity contribution is -0.123. The molecule has 1 atom stereocenters. The highest BCUT2D eigenvalue weighted by Gasteiger charge is 2.29. The van der Waals surface area contributed by atoms with E-state index in [-0.39, 0.29) is 12.5 Å². The number of hydrogen-bond acceptors (Lipinski definition) is 4. The molecule has 0 bridgehead atoms. The zero-order chi connectivity index (χ0) is 14.7. The lowest BCUT2D eigenvalue weighted by atomic mass is 10.1. The molecule has 0 radical (unpaired) electrons. The number of carbonyl (C=O) groups is 1. The first kappa shape index (κ1) is 14.8. The van der Waals surface area contributed by atoms with Crippen LogP contribution in [-0.4, -0.2) is 35.3 Å². The molecule has 5 nitrogen and oxygen atoms in total. The lowest BCUT2D eigenvalue weighted by Gasteiger charge is -2.32. The van der Waals surface area contributed by atoms with Crippen molar-refractivity contribution in [2.24, 2.45) is 0 Å². The quantitative estimate of drug-likeness (QED) is 0.740. The molecular weight excluding hydrogens is 256 g/mol. The summed E-state index contributed by atoms with van der Waals surface area (Å²) < 4.78 is 0. The Morgan fingerprint density at radius 1 is 1.35 bits per heavy atom. The highest BCUT2D eigenvalue weighted by Crippen LogP contribution is 2.34. The van der Waals surface area contributed by atoms with Gasteiger partial charge in [0.2, 0.25) is 0 Å². The topological polar surface area (TPSA) is 72.8 Å². The van der Waals surface area contributed by atoms with Gasteiger partial charge in [-0.2, -0.15) is 0 Å². The van der Waals surface area contributed by atoms with Gasteiger partial charge in [-0.3, -0.25) is 4.79 Å². The Kier molecular flexibility index (Phi) is 4.62. The maximum Gasteiger partial charge on any atom is 0.257 e. The highest BCUT2D eigenvalue weighted by atomic mass is 16.3. The zero-order valence-corrected chi connectivity index (χ0v) is 12.0. The predicted molar refractivity (Wildman–Crippen MR) is 78.8 cm³/mol. The van der Waals surface area contributed by atoms with E-state index in [0.717, 1.165) is 18.5 Å². The molecule has 1 unspecified atom stereocenters. The maximum absolute atomic E-state index is 11.5. The number of amides is 1. The largest absolute Gasteiger partial charge is 0.395 e. The van der Waals surface area contributed by atoms with Crippen molar-refractivity contribution < 1.29 is 15.0 Å². The standard InChI is InChI=1S/C15H22N2O3/c1-3-10(4-2)17(7-8-18)11-5-6-12-13(9-11)16-15(20)14(12)19/h5-6,9-10,14,18-19H,3-4,7-8H2,1-2H3,(H,16,20). The van der Waals surface area contributed by atoms with Crippen molar-refractivity contribution in [1.29, 1.82) is 0 Å². The monoisotopic (exact) mass is 278 g/mol. The summed E-state index contributed by atoms with van der Waals surface area (Å²) in [5.41, 5.74) is 2.24. The Hall–Kier alpha value is -1.59. The van der Waals surface area contributed by atoms with Crippen molar-refractivity contribution in [3.63, 3.8) is 0 Å². The summed E-state index contributed by atoms with van der Waals surface area (Å²) in [4.78, 5) is 13.6. The molecule has 1 heterocycles. The van der Waals surface area contributed by atoms with E-state index in [2.05, 4.69) is 24.1 Å². The molecule has 1 aromatic rings. The minimum atomic E-state index is -1.07. The average Bonchev–Trinajstić information content (AvgIpc) is 2.74. The summed E-state index contributed by atoms with van der Waals surface area (Å²) in [5, 5.41) is 21.7. The first-order valence-corrected chi connectivity index (χ1v) is 7.12. The minimum absolute atomic E-state index is 0.0859. The summed E-state index contributed by atoms with van der Waals surface area (Å²) in [7, 11) is 0. The van der Waals surface area contributed by atoms with Crippen LogP contribution in [0.4, 0.5) is 11.4 Å². The second kappa shape index (κ2) is 6.24. The van der Waals surface area contributed by atoms with Crippen LogP contribution in [0.15, 0.2) is 18.2 Å². The van der Waals surface area contributed by atoms with E-state index in [1.165, 1.54) is 0 Å². The van der Waals surface area contributed by atoms with Gasteiger partial charge in [-0.15, -0.1) is 0 Å². The molecule has 1 amide bonds. The van der Waals surface area contributed by atoms with Gasteiger partial charge in [-0.05, 0) is 25.0 Å². The fraction of sp³-hybridized carbons (Fsp3) is 0.533. The van der Waals surface area contributed by atoms with Crippen LogP contribution in [0, 0.1) is 0 Å². The number of nitrogens with zero attached hydrogens (tertiary/aromatic N) is 1. The Morgan fingerprint density at radius 3 is 2.65 bits per heavy atom. The molecule has 5 heteroatoms. The molecular formula is C15H22N2O3. The average molecular weight is 278 g/mol. The SMILES string of the molecule is CCC(CC)N(CCO)c1ccc2c(c1)NC(=O)C2O. The molecule has 3 N–H and O–H groups in total. The van der Waals surface area contributed by atoms with Crippen molar-refractivity contribution in [2.75, 3.05) is 23.4 Å². The van der Waals surface area contributed by atoms with Crippen LogP contribution in [0.1, 0.15) is 38.4 Å². The van der Waals surface area contributed by atoms with E-state index < -0.39 is 6.10 Å². The van der Waals surface area contributed by atoms with E-state index >= 15 is 0 Å². The predicted octanol–water partition coefficient (Wildman–Crippen LogP) is 1.66. The van der Waals surface area contributed by atoms with E-state index in [9.17, 15) is 15.0 Å². The summed E-state index contributed by atoms with van der Waals surface area (Å²) in [6.07, 6.45) is 0.906. The van der Waals surface area contributed by atoms with Gasteiger partial charge in [0, 0.05) is 29.5 Å². The highest BCUT2D eigenvalue weighted by molar-refractivity contribution is 6.02. The molecule has 1 aromatic carbocycles. The first-order valence-electron chi connectivity index (χ1n) is 7.12. The van der Waals surface area contributed by atoms with E-state index in [1.807, 2.05) is 12.1 Å². The molecule has 1 aliphatic heterocycles. The second-order valence-electron chi connectivity index (χ2n) is 5.05. The third kappa shape index (κ3) is 2.64. The maximum atomic E-state index is 11.5. The van der Waals surface area contributed by atoms with Crippen LogP contribution in [0.3, 0.4) is 0 Å². The van der Waals surface area contributed by atoms with Crippen LogP contribution in [0.2, 0.25) is 0 Å². The molecule has 0 aliphatic carbocycles. The number of rotatable bonds is 6. The third-order valence-electron chi connectivity index (χ3n) is 3.89. The fourth-order valence-corrected chi connectivity index (χ4v) is 2.77. The van der Waals surface area contributed by atoms with Gasteiger partial charge in [-0.1, -0.05) is 19.9 Å². The van der Waals surface area contributed by atoms with Crippen molar-refractivity contribution >= 4 is 17.3 Å². The molecule has 2 rings (SSSR count). The first-order chi connectivity index (χ1) is 9.62. The minimum Gasteiger partial charge on any atom is -0.395 e. The van der Waals surface area contributed by atoms with Crippen molar-refractivity contribution in [2.45, 2.75) is 38.8 Å².